The fraction of sp³-hybridized carbons (Fsp3) is 0.455. The van der Waals surface area contributed by atoms with Crippen molar-refractivity contribution in [1.82, 2.24) is 10.6 Å². The topological polar surface area (TPSA) is 24.1 Å². The first kappa shape index (κ1) is 11.6. The molecule has 1 aromatic carbocycles. The van der Waals surface area contributed by atoms with Gasteiger partial charge < -0.3 is 10.6 Å². The number of nitrogens with one attached hydrogen (secondary N) is 2. The first-order valence-corrected chi connectivity index (χ1v) is 6.08. The zero-order valence-electron chi connectivity index (χ0n) is 8.84. The number of hydrogen-bond acceptors (Lipinski definition) is 3. The first-order valence-electron chi connectivity index (χ1n) is 4.85. The molecule has 0 bridgehead atoms. The third-order valence-corrected chi connectivity index (χ3v) is 2.90. The molecule has 2 N–H and O–H groups in total. The third kappa shape index (κ3) is 3.70. The normalized spacial score (nSPS) is 10.4. The number of rotatable bonds is 6. The molecule has 2 nitrogen and oxygen atoms in total. The minimum atomic E-state index is 0.957. The highest BCUT2D eigenvalue weighted by atomic mass is 32.2. The van der Waals surface area contributed by atoms with Crippen LogP contribution in [0.15, 0.2) is 29.2 Å². The molecule has 0 aliphatic heterocycles. The summed E-state index contributed by atoms with van der Waals surface area (Å²) in [6.07, 6.45) is 2.12. The Kier molecular flexibility index (Phi) is 5.68. The van der Waals surface area contributed by atoms with Crippen molar-refractivity contribution in [3.8, 4) is 0 Å². The Morgan fingerprint density at radius 2 is 2.00 bits per heavy atom. The molecule has 0 heterocycles. The summed E-state index contributed by atoms with van der Waals surface area (Å²) in [6, 6.07) is 8.52. The van der Waals surface area contributed by atoms with Crippen LogP contribution >= 0.6 is 11.8 Å². The summed E-state index contributed by atoms with van der Waals surface area (Å²) in [4.78, 5) is 1.37. The van der Waals surface area contributed by atoms with Crippen molar-refractivity contribution >= 4 is 11.8 Å². The second-order valence-electron chi connectivity index (χ2n) is 3.09. The Hall–Kier alpha value is -0.510. The lowest BCUT2D eigenvalue weighted by Crippen LogP contribution is -2.24. The summed E-state index contributed by atoms with van der Waals surface area (Å²) in [6.45, 7) is 2.99. The summed E-state index contributed by atoms with van der Waals surface area (Å²) in [5.74, 6) is 0. The smallest absolute Gasteiger partial charge is 0.0217 e. The highest BCUT2D eigenvalue weighted by molar-refractivity contribution is 7.98. The zero-order chi connectivity index (χ0) is 10.2. The molecule has 0 saturated carbocycles. The van der Waals surface area contributed by atoms with Crippen molar-refractivity contribution in [3.05, 3.63) is 29.8 Å². The summed E-state index contributed by atoms with van der Waals surface area (Å²) in [5, 5.41) is 6.52. The lowest BCUT2D eigenvalue weighted by Gasteiger charge is -2.08. The van der Waals surface area contributed by atoms with Crippen LogP contribution in [0.5, 0.6) is 0 Å². The van der Waals surface area contributed by atoms with Gasteiger partial charge in [-0.1, -0.05) is 18.2 Å². The molecule has 14 heavy (non-hydrogen) atoms. The molecule has 0 radical (unpaired) electrons. The second-order valence-corrected chi connectivity index (χ2v) is 3.94. The van der Waals surface area contributed by atoms with Crippen LogP contribution in [0, 0.1) is 0 Å². The summed E-state index contributed by atoms with van der Waals surface area (Å²) in [5.41, 5.74) is 1.39. The van der Waals surface area contributed by atoms with E-state index < -0.39 is 0 Å². The number of likely N-dealkylation sites (N-methyl/N-ethyl adjacent to an activating group) is 1. The molecular weight excluding hydrogens is 192 g/mol. The average molecular weight is 210 g/mol. The van der Waals surface area contributed by atoms with Gasteiger partial charge in [-0.2, -0.15) is 0 Å². The van der Waals surface area contributed by atoms with E-state index in [4.69, 9.17) is 0 Å². The molecular formula is C11H18N2S. The molecule has 0 unspecified atom stereocenters. The van der Waals surface area contributed by atoms with E-state index in [1.165, 1.54) is 10.5 Å². The molecule has 0 spiro atoms. The van der Waals surface area contributed by atoms with Crippen molar-refractivity contribution in [3.63, 3.8) is 0 Å². The van der Waals surface area contributed by atoms with Crippen molar-refractivity contribution in [2.45, 2.75) is 11.4 Å². The predicted octanol–water partition coefficient (Wildman–Crippen LogP) is 1.72. The van der Waals surface area contributed by atoms with E-state index in [0.717, 1.165) is 19.6 Å². The lowest BCUT2D eigenvalue weighted by atomic mass is 10.2. The maximum Gasteiger partial charge on any atom is 0.0217 e. The van der Waals surface area contributed by atoms with Crippen LogP contribution in [0.25, 0.3) is 0 Å². The summed E-state index contributed by atoms with van der Waals surface area (Å²) < 4.78 is 0. The Bertz CT molecular complexity index is 263. The van der Waals surface area contributed by atoms with Gasteiger partial charge in [-0.25, -0.2) is 0 Å². The standard InChI is InChI=1S/C11H18N2S/c1-12-7-8-13-9-10-5-3-4-6-11(10)14-2/h3-6,12-13H,7-9H2,1-2H3. The average Bonchev–Trinajstić information content (AvgIpc) is 2.25. The van der Waals surface area contributed by atoms with Gasteiger partial charge in [0.2, 0.25) is 0 Å². The van der Waals surface area contributed by atoms with Crippen LogP contribution in [0.4, 0.5) is 0 Å². The molecule has 1 rings (SSSR count). The van der Waals surface area contributed by atoms with Gasteiger partial charge in [0.05, 0.1) is 0 Å². The van der Waals surface area contributed by atoms with Crippen LogP contribution in [-0.2, 0) is 6.54 Å². The maximum atomic E-state index is 3.40. The Morgan fingerprint density at radius 3 is 2.71 bits per heavy atom. The third-order valence-electron chi connectivity index (χ3n) is 2.06. The zero-order valence-corrected chi connectivity index (χ0v) is 9.66. The first-order chi connectivity index (χ1) is 6.88. The number of hydrogen-bond donors (Lipinski definition) is 2. The van der Waals surface area contributed by atoms with Gasteiger partial charge in [-0.05, 0) is 24.9 Å². The van der Waals surface area contributed by atoms with E-state index in [2.05, 4.69) is 41.2 Å². The van der Waals surface area contributed by atoms with Gasteiger partial charge in [0.1, 0.15) is 0 Å². The van der Waals surface area contributed by atoms with Gasteiger partial charge in [0, 0.05) is 24.5 Å². The van der Waals surface area contributed by atoms with Gasteiger partial charge in [0.25, 0.3) is 0 Å². The van der Waals surface area contributed by atoms with Gasteiger partial charge in [0.15, 0.2) is 0 Å². The van der Waals surface area contributed by atoms with E-state index in [0.29, 0.717) is 0 Å². The van der Waals surface area contributed by atoms with E-state index in [9.17, 15) is 0 Å². The monoisotopic (exact) mass is 210 g/mol. The number of thioether (sulfide) groups is 1. The van der Waals surface area contributed by atoms with Gasteiger partial charge >= 0.3 is 0 Å². The van der Waals surface area contributed by atoms with Crippen LogP contribution < -0.4 is 10.6 Å². The van der Waals surface area contributed by atoms with Crippen molar-refractivity contribution in [2.24, 2.45) is 0 Å². The summed E-state index contributed by atoms with van der Waals surface area (Å²) in [7, 11) is 1.97. The van der Waals surface area contributed by atoms with Gasteiger partial charge in [-0.15, -0.1) is 11.8 Å². The highest BCUT2D eigenvalue weighted by Gasteiger charge is 1.98. The Balaban J connectivity index is 2.41. The largest absolute Gasteiger partial charge is 0.318 e. The molecule has 0 aliphatic carbocycles. The fourth-order valence-electron chi connectivity index (χ4n) is 1.29. The van der Waals surface area contributed by atoms with E-state index >= 15 is 0 Å². The minimum absolute atomic E-state index is 0.957. The molecule has 0 aliphatic rings. The highest BCUT2D eigenvalue weighted by Crippen LogP contribution is 2.19. The van der Waals surface area contributed by atoms with E-state index in [1.54, 1.807) is 11.8 Å². The van der Waals surface area contributed by atoms with E-state index in [-0.39, 0.29) is 0 Å². The molecule has 3 heteroatoms. The predicted molar refractivity (Wildman–Crippen MR) is 63.9 cm³/mol. The fourth-order valence-corrected chi connectivity index (χ4v) is 1.90. The SMILES string of the molecule is CNCCNCc1ccccc1SC. The Morgan fingerprint density at radius 1 is 1.21 bits per heavy atom. The van der Waals surface area contributed by atoms with Crippen LogP contribution in [0.3, 0.4) is 0 Å². The van der Waals surface area contributed by atoms with Gasteiger partial charge in [-0.3, -0.25) is 0 Å². The Labute approximate surface area is 90.5 Å². The molecule has 0 saturated heterocycles. The quantitative estimate of drug-likeness (QED) is 0.552. The number of benzene rings is 1. The lowest BCUT2D eigenvalue weighted by molar-refractivity contribution is 0.646. The van der Waals surface area contributed by atoms with Crippen LogP contribution in [-0.4, -0.2) is 26.4 Å². The maximum absolute atomic E-state index is 3.40. The molecule has 0 aromatic heterocycles. The van der Waals surface area contributed by atoms with Crippen LogP contribution in [0.1, 0.15) is 5.56 Å². The van der Waals surface area contributed by atoms with E-state index in [1.807, 2.05) is 7.05 Å². The summed E-state index contributed by atoms with van der Waals surface area (Å²) >= 11 is 1.80. The molecule has 78 valence electrons. The molecule has 1 aromatic rings. The van der Waals surface area contributed by atoms with Crippen molar-refractivity contribution in [2.75, 3.05) is 26.4 Å². The minimum Gasteiger partial charge on any atom is -0.318 e. The molecule has 0 amide bonds. The van der Waals surface area contributed by atoms with Crippen molar-refractivity contribution < 1.29 is 0 Å². The van der Waals surface area contributed by atoms with Crippen LogP contribution in [0.2, 0.25) is 0 Å². The van der Waals surface area contributed by atoms with Crippen molar-refractivity contribution in [1.29, 1.82) is 0 Å². The second kappa shape index (κ2) is 6.87. The molecule has 0 atom stereocenters. The molecule has 0 fully saturated rings.